The van der Waals surface area contributed by atoms with Gasteiger partial charge < -0.3 is 4.90 Å². The molecule has 1 aliphatic heterocycles. The number of aryl methyl sites for hydroxylation is 2. The summed E-state index contributed by atoms with van der Waals surface area (Å²) >= 11 is 1.70. The molecule has 5 nitrogen and oxygen atoms in total. The maximum atomic E-state index is 4.90. The van der Waals surface area contributed by atoms with Gasteiger partial charge >= 0.3 is 0 Å². The second-order valence-electron chi connectivity index (χ2n) is 6.04. The van der Waals surface area contributed by atoms with Gasteiger partial charge in [0, 0.05) is 26.2 Å². The van der Waals surface area contributed by atoms with Crippen molar-refractivity contribution >= 4 is 27.4 Å². The van der Waals surface area contributed by atoms with Gasteiger partial charge in [-0.3, -0.25) is 4.68 Å². The highest BCUT2D eigenvalue weighted by molar-refractivity contribution is 7.16. The highest BCUT2D eigenvalue weighted by atomic mass is 32.1. The third-order valence-corrected chi connectivity index (χ3v) is 5.45. The first-order valence-electron chi connectivity index (χ1n) is 8.26. The lowest BCUT2D eigenvalue weighted by Gasteiger charge is -2.37. The van der Waals surface area contributed by atoms with Crippen molar-refractivity contribution in [2.75, 3.05) is 11.4 Å². The molecule has 1 fully saturated rings. The van der Waals surface area contributed by atoms with Crippen LogP contribution in [0.5, 0.6) is 0 Å². The molecular weight excluding hydrogens is 306 g/mol. The van der Waals surface area contributed by atoms with Gasteiger partial charge in [-0.25, -0.2) is 9.97 Å². The van der Waals surface area contributed by atoms with Crippen molar-refractivity contribution in [3.05, 3.63) is 35.2 Å². The van der Waals surface area contributed by atoms with Crippen LogP contribution in [0.2, 0.25) is 0 Å². The largest absolute Gasteiger partial charge is 0.347 e. The average Bonchev–Trinajstić information content (AvgIpc) is 3.22. The number of anilines is 1. The summed E-state index contributed by atoms with van der Waals surface area (Å²) in [6.45, 7) is 3.16. The molecule has 0 bridgehead atoms. The Morgan fingerprint density at radius 2 is 2.17 bits per heavy atom. The van der Waals surface area contributed by atoms with Gasteiger partial charge in [0.2, 0.25) is 0 Å². The summed E-state index contributed by atoms with van der Waals surface area (Å²) in [5.41, 5.74) is 1.27. The Labute approximate surface area is 140 Å². The lowest BCUT2D eigenvalue weighted by atomic mass is 9.99. The van der Waals surface area contributed by atoms with Gasteiger partial charge in [-0.15, -0.1) is 11.3 Å². The fraction of sp³-hybridized carbons (Fsp3) is 0.471. The zero-order chi connectivity index (χ0) is 15.8. The summed E-state index contributed by atoms with van der Waals surface area (Å²) in [6, 6.07) is 4.64. The van der Waals surface area contributed by atoms with Crippen molar-refractivity contribution < 1.29 is 0 Å². The van der Waals surface area contributed by atoms with Crippen molar-refractivity contribution in [2.24, 2.45) is 7.05 Å². The number of fused-ring (bicyclic) bond motifs is 1. The van der Waals surface area contributed by atoms with Crippen LogP contribution in [0.15, 0.2) is 23.7 Å². The predicted octanol–water partition coefficient (Wildman–Crippen LogP) is 3.72. The first-order chi connectivity index (χ1) is 11.3. The van der Waals surface area contributed by atoms with Crippen molar-refractivity contribution in [1.29, 1.82) is 0 Å². The molecule has 4 rings (SSSR count). The molecule has 3 aromatic heterocycles. The maximum Gasteiger partial charge on any atom is 0.141 e. The van der Waals surface area contributed by atoms with Crippen LogP contribution in [0.3, 0.4) is 0 Å². The second kappa shape index (κ2) is 5.92. The Kier molecular flexibility index (Phi) is 3.77. The molecule has 3 aromatic rings. The highest BCUT2D eigenvalue weighted by Gasteiger charge is 2.29. The molecule has 0 saturated carbocycles. The van der Waals surface area contributed by atoms with Gasteiger partial charge in [-0.1, -0.05) is 6.92 Å². The molecule has 1 aliphatic rings. The quantitative estimate of drug-likeness (QED) is 0.735. The molecule has 0 unspecified atom stereocenters. The molecule has 1 saturated heterocycles. The molecule has 0 N–H and O–H groups in total. The summed E-state index contributed by atoms with van der Waals surface area (Å²) in [7, 11) is 2.03. The van der Waals surface area contributed by atoms with Crippen LogP contribution < -0.4 is 4.90 Å². The van der Waals surface area contributed by atoms with Gasteiger partial charge in [-0.05, 0) is 36.8 Å². The number of rotatable bonds is 3. The van der Waals surface area contributed by atoms with E-state index >= 15 is 0 Å². The Morgan fingerprint density at radius 1 is 1.26 bits per heavy atom. The smallest absolute Gasteiger partial charge is 0.141 e. The number of thiophene rings is 1. The van der Waals surface area contributed by atoms with E-state index in [1.807, 2.05) is 17.9 Å². The molecule has 0 spiro atoms. The summed E-state index contributed by atoms with van der Waals surface area (Å²) in [4.78, 5) is 13.1. The van der Waals surface area contributed by atoms with Gasteiger partial charge in [0.15, 0.2) is 0 Å². The van der Waals surface area contributed by atoms with E-state index in [2.05, 4.69) is 39.4 Å². The standard InChI is InChI=1S/C17H21N5S/c1-3-15-19-16(12-8-11-23-17(12)20-15)22-10-5-4-6-14(22)13-7-9-18-21(13)2/h7-9,11,14H,3-6,10H2,1-2H3/t14-/m0/s1. The molecule has 0 radical (unpaired) electrons. The first-order valence-corrected chi connectivity index (χ1v) is 9.14. The molecule has 120 valence electrons. The Morgan fingerprint density at radius 3 is 2.96 bits per heavy atom. The minimum Gasteiger partial charge on any atom is -0.347 e. The average molecular weight is 327 g/mol. The summed E-state index contributed by atoms with van der Waals surface area (Å²) in [5.74, 6) is 2.03. The predicted molar refractivity (Wildman–Crippen MR) is 93.9 cm³/mol. The topological polar surface area (TPSA) is 46.8 Å². The van der Waals surface area contributed by atoms with E-state index in [0.29, 0.717) is 6.04 Å². The zero-order valence-electron chi connectivity index (χ0n) is 13.6. The second-order valence-corrected chi connectivity index (χ2v) is 6.94. The van der Waals surface area contributed by atoms with Crippen LogP contribution in [-0.4, -0.2) is 26.3 Å². The van der Waals surface area contributed by atoms with E-state index < -0.39 is 0 Å². The third kappa shape index (κ3) is 2.51. The van der Waals surface area contributed by atoms with E-state index in [-0.39, 0.29) is 0 Å². The number of aromatic nitrogens is 4. The molecule has 4 heterocycles. The van der Waals surface area contributed by atoms with E-state index in [1.165, 1.54) is 23.9 Å². The monoisotopic (exact) mass is 327 g/mol. The molecular formula is C17H21N5S. The van der Waals surface area contributed by atoms with E-state index in [9.17, 15) is 0 Å². The molecule has 23 heavy (non-hydrogen) atoms. The van der Waals surface area contributed by atoms with Crippen LogP contribution in [0.4, 0.5) is 5.82 Å². The van der Waals surface area contributed by atoms with E-state index in [0.717, 1.165) is 35.9 Å². The molecule has 6 heteroatoms. The van der Waals surface area contributed by atoms with E-state index in [4.69, 9.17) is 4.98 Å². The maximum absolute atomic E-state index is 4.90. The van der Waals surface area contributed by atoms with E-state index in [1.54, 1.807) is 11.3 Å². The normalized spacial score (nSPS) is 18.7. The summed E-state index contributed by atoms with van der Waals surface area (Å²) in [5, 5.41) is 7.66. The van der Waals surface area contributed by atoms with Crippen molar-refractivity contribution in [2.45, 2.75) is 38.6 Å². The minimum atomic E-state index is 0.346. The van der Waals surface area contributed by atoms with Crippen molar-refractivity contribution in [3.8, 4) is 0 Å². The number of hydrogen-bond donors (Lipinski definition) is 0. The summed E-state index contributed by atoms with van der Waals surface area (Å²) < 4.78 is 2.00. The van der Waals surface area contributed by atoms with Crippen LogP contribution in [0, 0.1) is 0 Å². The van der Waals surface area contributed by atoms with Crippen molar-refractivity contribution in [1.82, 2.24) is 19.7 Å². The lowest BCUT2D eigenvalue weighted by Crippen LogP contribution is -2.35. The van der Waals surface area contributed by atoms with Crippen LogP contribution in [0.1, 0.15) is 43.7 Å². The SMILES string of the molecule is CCc1nc(N2CCCC[C@H]2c2ccnn2C)c2ccsc2n1. The van der Waals surface area contributed by atoms with Gasteiger partial charge in [-0.2, -0.15) is 5.10 Å². The van der Waals surface area contributed by atoms with Gasteiger partial charge in [0.1, 0.15) is 16.5 Å². The molecule has 0 aromatic carbocycles. The number of hydrogen-bond acceptors (Lipinski definition) is 5. The third-order valence-electron chi connectivity index (χ3n) is 4.64. The number of nitrogens with zero attached hydrogens (tertiary/aromatic N) is 5. The minimum absolute atomic E-state index is 0.346. The Hall–Kier alpha value is -1.95. The summed E-state index contributed by atoms with van der Waals surface area (Å²) in [6.07, 6.45) is 6.37. The molecule has 0 amide bonds. The van der Waals surface area contributed by atoms with Crippen LogP contribution >= 0.6 is 11.3 Å². The zero-order valence-corrected chi connectivity index (χ0v) is 14.4. The van der Waals surface area contributed by atoms with Crippen LogP contribution in [0.25, 0.3) is 10.2 Å². The molecule has 0 aliphatic carbocycles. The van der Waals surface area contributed by atoms with Gasteiger partial charge in [0.25, 0.3) is 0 Å². The Bertz CT molecular complexity index is 821. The fourth-order valence-corrected chi connectivity index (χ4v) is 4.24. The van der Waals surface area contributed by atoms with Gasteiger partial charge in [0.05, 0.1) is 17.1 Å². The fourth-order valence-electron chi connectivity index (χ4n) is 3.46. The highest BCUT2D eigenvalue weighted by Crippen LogP contribution is 2.37. The molecule has 1 atom stereocenters. The number of piperidine rings is 1. The van der Waals surface area contributed by atoms with Crippen molar-refractivity contribution in [3.63, 3.8) is 0 Å². The first kappa shape index (κ1) is 14.6. The van der Waals surface area contributed by atoms with Crippen LogP contribution in [-0.2, 0) is 13.5 Å². The lowest BCUT2D eigenvalue weighted by molar-refractivity contribution is 0.448. The Balaban J connectivity index is 1.84.